The predicted molar refractivity (Wildman–Crippen MR) is 66.1 cm³/mol. The maximum Gasteiger partial charge on any atom is 0.236 e. The van der Waals surface area contributed by atoms with E-state index in [1.54, 1.807) is 0 Å². The number of carbonyl (C=O) groups excluding carboxylic acids is 1. The number of carbonyl (C=O) groups is 1. The van der Waals surface area contributed by atoms with E-state index in [-0.39, 0.29) is 4.83 Å². The van der Waals surface area contributed by atoms with E-state index in [0.717, 1.165) is 32.4 Å². The Hall–Kier alpha value is 0.300. The summed E-state index contributed by atoms with van der Waals surface area (Å²) in [6.45, 7) is 1.90. The number of thioether (sulfide) groups is 1. The molecule has 0 aromatic rings. The fraction of sp³-hybridized carbons (Fsp3) is 0.900. The minimum atomic E-state index is 0.0804. The molecule has 0 bridgehead atoms. The zero-order valence-corrected chi connectivity index (χ0v) is 11.1. The molecular formula is C10H18BrNOS. The van der Waals surface area contributed by atoms with Crippen LogP contribution in [0, 0.1) is 0 Å². The quantitative estimate of drug-likeness (QED) is 0.569. The number of nitrogens with zero attached hydrogens (tertiary/aromatic N) is 1. The van der Waals surface area contributed by atoms with Crippen LogP contribution in [0.15, 0.2) is 0 Å². The first-order valence-corrected chi connectivity index (χ1v) is 7.48. The molecule has 1 rings (SSSR count). The summed E-state index contributed by atoms with van der Waals surface area (Å²) in [5.74, 6) is 1.50. The molecule has 4 heteroatoms. The van der Waals surface area contributed by atoms with Gasteiger partial charge in [0.05, 0.1) is 4.83 Å². The minimum absolute atomic E-state index is 0.0804. The minimum Gasteiger partial charge on any atom is -0.342 e. The van der Waals surface area contributed by atoms with Crippen molar-refractivity contribution in [2.45, 2.75) is 30.5 Å². The van der Waals surface area contributed by atoms with Gasteiger partial charge in [-0.05, 0) is 37.7 Å². The number of hydrogen-bond acceptors (Lipinski definition) is 2. The summed E-state index contributed by atoms with van der Waals surface area (Å²) in [5, 5.41) is 0. The molecule has 0 aliphatic carbocycles. The molecule has 1 unspecified atom stereocenters. The van der Waals surface area contributed by atoms with Crippen molar-refractivity contribution in [2.75, 3.05) is 25.1 Å². The van der Waals surface area contributed by atoms with Crippen LogP contribution in [0.1, 0.15) is 25.7 Å². The van der Waals surface area contributed by atoms with E-state index in [9.17, 15) is 4.79 Å². The Morgan fingerprint density at radius 3 is 3.07 bits per heavy atom. The lowest BCUT2D eigenvalue weighted by Gasteiger charge is -2.29. The third-order valence-electron chi connectivity index (χ3n) is 2.49. The Bertz CT molecular complexity index is 189. The van der Waals surface area contributed by atoms with E-state index in [2.05, 4.69) is 22.2 Å². The van der Waals surface area contributed by atoms with Gasteiger partial charge in [0.25, 0.3) is 0 Å². The van der Waals surface area contributed by atoms with Gasteiger partial charge >= 0.3 is 0 Å². The molecule has 1 amide bonds. The van der Waals surface area contributed by atoms with E-state index in [4.69, 9.17) is 0 Å². The van der Waals surface area contributed by atoms with E-state index >= 15 is 0 Å². The highest BCUT2D eigenvalue weighted by molar-refractivity contribution is 9.10. The Morgan fingerprint density at radius 2 is 2.36 bits per heavy atom. The van der Waals surface area contributed by atoms with Crippen LogP contribution in [0.3, 0.4) is 0 Å². The number of unbranched alkanes of at least 4 members (excludes halogenated alkanes) is 1. The zero-order valence-electron chi connectivity index (χ0n) is 8.67. The van der Waals surface area contributed by atoms with E-state index < -0.39 is 0 Å². The van der Waals surface area contributed by atoms with Gasteiger partial charge in [-0.2, -0.15) is 11.8 Å². The molecule has 1 saturated heterocycles. The third kappa shape index (κ3) is 3.81. The summed E-state index contributed by atoms with van der Waals surface area (Å²) in [7, 11) is 0. The second kappa shape index (κ2) is 6.72. The second-order valence-electron chi connectivity index (χ2n) is 3.63. The van der Waals surface area contributed by atoms with Crippen LogP contribution in [-0.4, -0.2) is 40.7 Å². The van der Waals surface area contributed by atoms with Crippen molar-refractivity contribution in [2.24, 2.45) is 0 Å². The van der Waals surface area contributed by atoms with Gasteiger partial charge in [0, 0.05) is 13.1 Å². The van der Waals surface area contributed by atoms with Crippen LogP contribution in [0.25, 0.3) is 0 Å². The van der Waals surface area contributed by atoms with Crippen molar-refractivity contribution in [3.63, 3.8) is 0 Å². The van der Waals surface area contributed by atoms with Crippen molar-refractivity contribution in [3.05, 3.63) is 0 Å². The largest absolute Gasteiger partial charge is 0.342 e. The molecule has 0 N–H and O–H groups in total. The van der Waals surface area contributed by atoms with Gasteiger partial charge in [0.2, 0.25) is 5.91 Å². The normalized spacial score (nSPS) is 22.9. The average Bonchev–Trinajstić information content (AvgIpc) is 2.19. The van der Waals surface area contributed by atoms with Crippen LogP contribution in [0.2, 0.25) is 0 Å². The Balaban J connectivity index is 2.19. The molecule has 0 saturated carbocycles. The number of amides is 1. The molecule has 82 valence electrons. The standard InChI is InChI=1S/C10H18BrNOS/c1-14-8-3-2-6-12-7-4-5-9(11)10(12)13/h9H,2-8H2,1H3. The molecule has 1 fully saturated rings. The summed E-state index contributed by atoms with van der Waals surface area (Å²) in [6.07, 6.45) is 6.63. The summed E-state index contributed by atoms with van der Waals surface area (Å²) in [5.41, 5.74) is 0. The highest BCUT2D eigenvalue weighted by Gasteiger charge is 2.25. The molecule has 0 radical (unpaired) electrons. The number of hydrogen-bond donors (Lipinski definition) is 0. The number of likely N-dealkylation sites (tertiary alicyclic amines) is 1. The number of rotatable bonds is 5. The van der Waals surface area contributed by atoms with Gasteiger partial charge < -0.3 is 4.90 Å². The summed E-state index contributed by atoms with van der Waals surface area (Å²) >= 11 is 5.30. The van der Waals surface area contributed by atoms with E-state index in [1.165, 1.54) is 12.2 Å². The van der Waals surface area contributed by atoms with E-state index in [0.29, 0.717) is 5.91 Å². The Morgan fingerprint density at radius 1 is 1.57 bits per heavy atom. The first-order chi connectivity index (χ1) is 6.75. The lowest BCUT2D eigenvalue weighted by Crippen LogP contribution is -2.42. The fourth-order valence-electron chi connectivity index (χ4n) is 1.66. The molecule has 1 aliphatic rings. The average molecular weight is 280 g/mol. The first kappa shape index (κ1) is 12.4. The maximum absolute atomic E-state index is 11.7. The molecule has 1 atom stereocenters. The van der Waals surface area contributed by atoms with E-state index in [1.807, 2.05) is 16.7 Å². The maximum atomic E-state index is 11.7. The molecular weight excluding hydrogens is 262 g/mol. The molecule has 0 aromatic heterocycles. The van der Waals surface area contributed by atoms with Crippen LogP contribution in [0.5, 0.6) is 0 Å². The predicted octanol–water partition coefficient (Wildman–Crippen LogP) is 2.52. The number of piperidine rings is 1. The number of halogens is 1. The zero-order chi connectivity index (χ0) is 10.4. The molecule has 2 nitrogen and oxygen atoms in total. The van der Waals surface area contributed by atoms with Crippen molar-refractivity contribution in [3.8, 4) is 0 Å². The highest BCUT2D eigenvalue weighted by atomic mass is 79.9. The van der Waals surface area contributed by atoms with Gasteiger partial charge in [-0.1, -0.05) is 15.9 Å². The van der Waals surface area contributed by atoms with Gasteiger partial charge in [-0.3, -0.25) is 4.79 Å². The van der Waals surface area contributed by atoms with Gasteiger partial charge in [0.15, 0.2) is 0 Å². The first-order valence-electron chi connectivity index (χ1n) is 5.17. The lowest BCUT2D eigenvalue weighted by molar-refractivity contribution is -0.132. The SMILES string of the molecule is CSCCCCN1CCCC(Br)C1=O. The van der Waals surface area contributed by atoms with Crippen molar-refractivity contribution in [1.29, 1.82) is 0 Å². The molecule has 0 aromatic carbocycles. The van der Waals surface area contributed by atoms with Crippen molar-refractivity contribution >= 4 is 33.6 Å². The monoisotopic (exact) mass is 279 g/mol. The third-order valence-corrected chi connectivity index (χ3v) is 4.04. The van der Waals surface area contributed by atoms with Crippen LogP contribution in [0.4, 0.5) is 0 Å². The lowest BCUT2D eigenvalue weighted by atomic mass is 10.1. The summed E-state index contributed by atoms with van der Waals surface area (Å²) < 4.78 is 0. The Kier molecular flexibility index (Phi) is 5.94. The molecule has 0 spiro atoms. The van der Waals surface area contributed by atoms with Crippen molar-refractivity contribution in [1.82, 2.24) is 4.90 Å². The topological polar surface area (TPSA) is 20.3 Å². The summed E-state index contributed by atoms with van der Waals surface area (Å²) in [6, 6.07) is 0. The van der Waals surface area contributed by atoms with Crippen LogP contribution < -0.4 is 0 Å². The second-order valence-corrected chi connectivity index (χ2v) is 5.73. The summed E-state index contributed by atoms with van der Waals surface area (Å²) in [4.78, 5) is 13.7. The van der Waals surface area contributed by atoms with Crippen LogP contribution in [-0.2, 0) is 4.79 Å². The number of alkyl halides is 1. The smallest absolute Gasteiger partial charge is 0.236 e. The molecule has 14 heavy (non-hydrogen) atoms. The fourth-order valence-corrected chi connectivity index (χ4v) is 2.77. The van der Waals surface area contributed by atoms with Gasteiger partial charge in [-0.25, -0.2) is 0 Å². The van der Waals surface area contributed by atoms with Crippen molar-refractivity contribution < 1.29 is 4.79 Å². The van der Waals surface area contributed by atoms with Gasteiger partial charge in [0.1, 0.15) is 0 Å². The molecule has 1 heterocycles. The van der Waals surface area contributed by atoms with Crippen LogP contribution >= 0.6 is 27.7 Å². The molecule has 1 aliphatic heterocycles. The Labute approximate surface area is 98.9 Å². The highest BCUT2D eigenvalue weighted by Crippen LogP contribution is 2.18. The van der Waals surface area contributed by atoms with Gasteiger partial charge in [-0.15, -0.1) is 0 Å².